The van der Waals surface area contributed by atoms with Gasteiger partial charge in [0.05, 0.1) is 7.11 Å². The zero-order valence-corrected chi connectivity index (χ0v) is 7.52. The number of carbonyl (C=O) groups excluding carboxylic acids is 1. The standard InChI is InChI=1S/C8H17NO2/c1-4-6-9-7(5-2)8(10)11-3/h7,9H,4-6H2,1-3H3. The van der Waals surface area contributed by atoms with Crippen molar-refractivity contribution in [3.8, 4) is 0 Å². The summed E-state index contributed by atoms with van der Waals surface area (Å²) in [6.45, 7) is 4.90. The van der Waals surface area contributed by atoms with E-state index in [0.717, 1.165) is 19.4 Å². The van der Waals surface area contributed by atoms with E-state index >= 15 is 0 Å². The van der Waals surface area contributed by atoms with Crippen LogP contribution in [0.25, 0.3) is 0 Å². The molecule has 0 saturated heterocycles. The molecule has 0 fully saturated rings. The van der Waals surface area contributed by atoms with Gasteiger partial charge in [0.1, 0.15) is 6.04 Å². The first-order chi connectivity index (χ1) is 5.26. The fraction of sp³-hybridized carbons (Fsp3) is 0.875. The number of hydrogen-bond acceptors (Lipinski definition) is 3. The second kappa shape index (κ2) is 6.16. The van der Waals surface area contributed by atoms with Crippen molar-refractivity contribution >= 4 is 5.97 Å². The Morgan fingerprint density at radius 2 is 2.18 bits per heavy atom. The van der Waals surface area contributed by atoms with Gasteiger partial charge in [-0.3, -0.25) is 4.79 Å². The molecule has 1 unspecified atom stereocenters. The minimum absolute atomic E-state index is 0.125. The minimum Gasteiger partial charge on any atom is -0.468 e. The van der Waals surface area contributed by atoms with E-state index in [4.69, 9.17) is 0 Å². The average Bonchev–Trinajstić information content (AvgIpc) is 2.05. The summed E-state index contributed by atoms with van der Waals surface area (Å²) < 4.78 is 4.60. The lowest BCUT2D eigenvalue weighted by atomic mass is 10.2. The van der Waals surface area contributed by atoms with Crippen LogP contribution >= 0.6 is 0 Å². The number of hydrogen-bond donors (Lipinski definition) is 1. The molecule has 0 aliphatic rings. The molecule has 0 aliphatic heterocycles. The molecular weight excluding hydrogens is 142 g/mol. The van der Waals surface area contributed by atoms with Crippen molar-refractivity contribution in [2.24, 2.45) is 0 Å². The summed E-state index contributed by atoms with van der Waals surface area (Å²) in [5.74, 6) is -0.166. The molecule has 3 nitrogen and oxygen atoms in total. The monoisotopic (exact) mass is 159 g/mol. The molecular formula is C8H17NO2. The van der Waals surface area contributed by atoms with Gasteiger partial charge in [-0.05, 0) is 19.4 Å². The predicted octanol–water partition coefficient (Wildman–Crippen LogP) is 0.938. The van der Waals surface area contributed by atoms with E-state index in [1.54, 1.807) is 0 Å². The smallest absolute Gasteiger partial charge is 0.322 e. The van der Waals surface area contributed by atoms with E-state index < -0.39 is 0 Å². The van der Waals surface area contributed by atoms with E-state index in [0.29, 0.717) is 0 Å². The third-order valence-corrected chi connectivity index (χ3v) is 1.53. The van der Waals surface area contributed by atoms with Gasteiger partial charge >= 0.3 is 5.97 Å². The summed E-state index contributed by atoms with van der Waals surface area (Å²) in [4.78, 5) is 11.0. The maximum absolute atomic E-state index is 11.0. The number of carbonyl (C=O) groups is 1. The number of esters is 1. The maximum atomic E-state index is 11.0. The fourth-order valence-corrected chi connectivity index (χ4v) is 0.855. The van der Waals surface area contributed by atoms with Crippen molar-refractivity contribution in [1.82, 2.24) is 5.32 Å². The van der Waals surface area contributed by atoms with Crippen molar-refractivity contribution in [2.75, 3.05) is 13.7 Å². The predicted molar refractivity (Wildman–Crippen MR) is 44.4 cm³/mol. The Hall–Kier alpha value is -0.570. The van der Waals surface area contributed by atoms with Crippen molar-refractivity contribution in [3.05, 3.63) is 0 Å². The van der Waals surface area contributed by atoms with Crippen LogP contribution in [-0.2, 0) is 9.53 Å². The van der Waals surface area contributed by atoms with Crippen LogP contribution in [0.1, 0.15) is 26.7 Å². The van der Waals surface area contributed by atoms with Gasteiger partial charge in [-0.2, -0.15) is 0 Å². The van der Waals surface area contributed by atoms with Gasteiger partial charge in [-0.15, -0.1) is 0 Å². The Labute approximate surface area is 68.1 Å². The van der Waals surface area contributed by atoms with Gasteiger partial charge in [0.2, 0.25) is 0 Å². The summed E-state index contributed by atoms with van der Waals surface area (Å²) in [6.07, 6.45) is 1.82. The molecule has 11 heavy (non-hydrogen) atoms. The summed E-state index contributed by atoms with van der Waals surface area (Å²) in [5, 5.41) is 3.10. The number of methoxy groups -OCH3 is 1. The first-order valence-corrected chi connectivity index (χ1v) is 4.07. The number of rotatable bonds is 5. The lowest BCUT2D eigenvalue weighted by Gasteiger charge is -2.12. The van der Waals surface area contributed by atoms with Gasteiger partial charge in [-0.1, -0.05) is 13.8 Å². The Balaban J connectivity index is 3.65. The van der Waals surface area contributed by atoms with Gasteiger partial charge in [0.25, 0.3) is 0 Å². The largest absolute Gasteiger partial charge is 0.468 e. The van der Waals surface area contributed by atoms with Crippen LogP contribution in [0.2, 0.25) is 0 Å². The summed E-state index contributed by atoms with van der Waals surface area (Å²) in [6, 6.07) is -0.125. The molecule has 0 aromatic rings. The lowest BCUT2D eigenvalue weighted by molar-refractivity contribution is -0.143. The van der Waals surface area contributed by atoms with Crippen molar-refractivity contribution in [1.29, 1.82) is 0 Å². The minimum atomic E-state index is -0.166. The number of nitrogens with one attached hydrogen (secondary N) is 1. The highest BCUT2D eigenvalue weighted by molar-refractivity contribution is 5.75. The third kappa shape index (κ3) is 3.98. The van der Waals surface area contributed by atoms with E-state index in [2.05, 4.69) is 17.0 Å². The zero-order valence-electron chi connectivity index (χ0n) is 7.52. The second-order valence-electron chi connectivity index (χ2n) is 2.44. The molecule has 0 aromatic carbocycles. The van der Waals surface area contributed by atoms with Crippen LogP contribution in [0.4, 0.5) is 0 Å². The molecule has 1 atom stereocenters. The Bertz CT molecular complexity index is 115. The highest BCUT2D eigenvalue weighted by atomic mass is 16.5. The van der Waals surface area contributed by atoms with Crippen LogP contribution < -0.4 is 5.32 Å². The molecule has 66 valence electrons. The second-order valence-corrected chi connectivity index (χ2v) is 2.44. The molecule has 1 N–H and O–H groups in total. The molecule has 0 amide bonds. The lowest BCUT2D eigenvalue weighted by Crippen LogP contribution is -2.37. The molecule has 0 rings (SSSR count). The van der Waals surface area contributed by atoms with Crippen molar-refractivity contribution in [2.45, 2.75) is 32.7 Å². The van der Waals surface area contributed by atoms with Crippen LogP contribution in [0, 0.1) is 0 Å². The Kier molecular flexibility index (Phi) is 5.84. The fourth-order valence-electron chi connectivity index (χ4n) is 0.855. The summed E-state index contributed by atoms with van der Waals surface area (Å²) in [5.41, 5.74) is 0. The van der Waals surface area contributed by atoms with Crippen LogP contribution in [0.3, 0.4) is 0 Å². The Morgan fingerprint density at radius 3 is 2.55 bits per heavy atom. The third-order valence-electron chi connectivity index (χ3n) is 1.53. The highest BCUT2D eigenvalue weighted by Gasteiger charge is 2.14. The molecule has 3 heteroatoms. The van der Waals surface area contributed by atoms with Crippen LogP contribution in [0.5, 0.6) is 0 Å². The quantitative estimate of drug-likeness (QED) is 0.607. The van der Waals surface area contributed by atoms with E-state index in [1.807, 2.05) is 6.92 Å². The van der Waals surface area contributed by atoms with E-state index in [1.165, 1.54) is 7.11 Å². The van der Waals surface area contributed by atoms with Crippen molar-refractivity contribution in [3.63, 3.8) is 0 Å². The molecule has 0 saturated carbocycles. The summed E-state index contributed by atoms with van der Waals surface area (Å²) in [7, 11) is 1.42. The first kappa shape index (κ1) is 10.4. The first-order valence-electron chi connectivity index (χ1n) is 4.07. The van der Waals surface area contributed by atoms with Crippen LogP contribution in [0.15, 0.2) is 0 Å². The average molecular weight is 159 g/mol. The van der Waals surface area contributed by atoms with Crippen molar-refractivity contribution < 1.29 is 9.53 Å². The summed E-state index contributed by atoms with van der Waals surface area (Å²) >= 11 is 0. The van der Waals surface area contributed by atoms with Gasteiger partial charge in [0.15, 0.2) is 0 Å². The van der Waals surface area contributed by atoms with Gasteiger partial charge in [-0.25, -0.2) is 0 Å². The maximum Gasteiger partial charge on any atom is 0.322 e. The molecule has 0 bridgehead atoms. The van der Waals surface area contributed by atoms with Crippen LogP contribution in [-0.4, -0.2) is 25.7 Å². The van der Waals surface area contributed by atoms with Gasteiger partial charge in [0, 0.05) is 0 Å². The van der Waals surface area contributed by atoms with E-state index in [9.17, 15) is 4.79 Å². The van der Waals surface area contributed by atoms with E-state index in [-0.39, 0.29) is 12.0 Å². The molecule has 0 heterocycles. The SMILES string of the molecule is CCCNC(CC)C(=O)OC. The molecule has 0 aromatic heterocycles. The normalized spacial score (nSPS) is 12.6. The topological polar surface area (TPSA) is 38.3 Å². The number of ether oxygens (including phenoxy) is 1. The van der Waals surface area contributed by atoms with Gasteiger partial charge < -0.3 is 10.1 Å². The molecule has 0 aliphatic carbocycles. The molecule has 0 spiro atoms. The zero-order chi connectivity index (χ0) is 8.69. The Morgan fingerprint density at radius 1 is 1.55 bits per heavy atom. The molecule has 0 radical (unpaired) electrons. The highest BCUT2D eigenvalue weighted by Crippen LogP contribution is 1.93.